The van der Waals surface area contributed by atoms with Crippen molar-refractivity contribution in [2.45, 2.75) is 38.6 Å². The van der Waals surface area contributed by atoms with Crippen molar-refractivity contribution in [3.63, 3.8) is 0 Å². The van der Waals surface area contributed by atoms with Gasteiger partial charge in [-0.3, -0.25) is 4.79 Å². The van der Waals surface area contributed by atoms with Crippen LogP contribution in [0.1, 0.15) is 33.7 Å². The third-order valence-electron chi connectivity index (χ3n) is 4.06. The number of aromatic nitrogens is 1. The Labute approximate surface area is 143 Å². The van der Waals surface area contributed by atoms with Crippen LogP contribution in [0.25, 0.3) is 0 Å². The van der Waals surface area contributed by atoms with Crippen molar-refractivity contribution in [1.82, 2.24) is 4.57 Å². The molecule has 0 radical (unpaired) electrons. The molecule has 2 aromatic rings. The van der Waals surface area contributed by atoms with E-state index in [0.717, 1.165) is 36.5 Å². The minimum Gasteiger partial charge on any atom is -0.385 e. The molecule has 0 bridgehead atoms. The van der Waals surface area contributed by atoms with Gasteiger partial charge >= 0.3 is 0 Å². The molecule has 0 unspecified atom stereocenters. The number of methoxy groups -OCH3 is 1. The molecule has 1 aromatic carbocycles. The summed E-state index contributed by atoms with van der Waals surface area (Å²) in [4.78, 5) is 13.8. The summed E-state index contributed by atoms with van der Waals surface area (Å²) in [6.45, 7) is 7.80. The lowest BCUT2D eigenvalue weighted by Crippen LogP contribution is -2.08. The van der Waals surface area contributed by atoms with Crippen molar-refractivity contribution < 1.29 is 9.53 Å². The van der Waals surface area contributed by atoms with E-state index >= 15 is 0 Å². The zero-order valence-corrected chi connectivity index (χ0v) is 15.2. The number of ether oxygens (including phenoxy) is 1. The SMILES string of the molecule is COCCCn1c(C)cc(C(=O)CSc2ccccc2C)c1C. The van der Waals surface area contributed by atoms with Gasteiger partial charge in [0.05, 0.1) is 5.75 Å². The van der Waals surface area contributed by atoms with Crippen LogP contribution in [0.15, 0.2) is 35.2 Å². The first-order chi connectivity index (χ1) is 11.0. The molecule has 4 heteroatoms. The first-order valence-corrected chi connectivity index (χ1v) is 8.90. The Hall–Kier alpha value is -1.52. The lowest BCUT2D eigenvalue weighted by molar-refractivity contribution is 0.102. The lowest BCUT2D eigenvalue weighted by Gasteiger charge is -2.09. The molecule has 2 rings (SSSR count). The number of carbonyl (C=O) groups is 1. The molecule has 0 atom stereocenters. The van der Waals surface area contributed by atoms with Crippen molar-refractivity contribution in [2.75, 3.05) is 19.5 Å². The van der Waals surface area contributed by atoms with E-state index in [9.17, 15) is 4.79 Å². The van der Waals surface area contributed by atoms with Crippen LogP contribution in [0, 0.1) is 20.8 Å². The van der Waals surface area contributed by atoms with E-state index in [2.05, 4.69) is 30.5 Å². The van der Waals surface area contributed by atoms with Crippen molar-refractivity contribution >= 4 is 17.5 Å². The second-order valence-corrected chi connectivity index (χ2v) is 6.78. The Morgan fingerprint density at radius 2 is 1.96 bits per heavy atom. The summed E-state index contributed by atoms with van der Waals surface area (Å²) in [6, 6.07) is 10.2. The van der Waals surface area contributed by atoms with E-state index in [-0.39, 0.29) is 5.78 Å². The molecule has 0 aliphatic rings. The summed E-state index contributed by atoms with van der Waals surface area (Å²) >= 11 is 1.62. The summed E-state index contributed by atoms with van der Waals surface area (Å²) in [5, 5.41) is 0. The van der Waals surface area contributed by atoms with Crippen LogP contribution in [0.5, 0.6) is 0 Å². The maximum absolute atomic E-state index is 12.6. The third-order valence-corrected chi connectivity index (χ3v) is 5.23. The largest absolute Gasteiger partial charge is 0.385 e. The summed E-state index contributed by atoms with van der Waals surface area (Å²) in [6.07, 6.45) is 0.957. The highest BCUT2D eigenvalue weighted by Gasteiger charge is 2.16. The Morgan fingerprint density at radius 1 is 1.22 bits per heavy atom. The average Bonchev–Trinajstić information content (AvgIpc) is 2.82. The van der Waals surface area contributed by atoms with Crippen molar-refractivity contribution in [2.24, 2.45) is 0 Å². The van der Waals surface area contributed by atoms with Crippen LogP contribution >= 0.6 is 11.8 Å². The summed E-state index contributed by atoms with van der Waals surface area (Å²) in [7, 11) is 1.72. The second-order valence-electron chi connectivity index (χ2n) is 5.76. The van der Waals surface area contributed by atoms with Gasteiger partial charge in [0, 0.05) is 42.1 Å². The molecule has 0 fully saturated rings. The van der Waals surface area contributed by atoms with E-state index in [1.54, 1.807) is 18.9 Å². The van der Waals surface area contributed by atoms with Gasteiger partial charge in [0.2, 0.25) is 0 Å². The van der Waals surface area contributed by atoms with E-state index in [4.69, 9.17) is 4.74 Å². The quantitative estimate of drug-likeness (QED) is 0.407. The number of hydrogen-bond donors (Lipinski definition) is 0. The van der Waals surface area contributed by atoms with E-state index in [0.29, 0.717) is 5.75 Å². The van der Waals surface area contributed by atoms with Crippen LogP contribution in [0.4, 0.5) is 0 Å². The summed E-state index contributed by atoms with van der Waals surface area (Å²) in [5.74, 6) is 0.678. The number of rotatable bonds is 8. The molecule has 1 heterocycles. The number of nitrogens with zero attached hydrogens (tertiary/aromatic N) is 1. The molecule has 0 aliphatic carbocycles. The van der Waals surface area contributed by atoms with E-state index in [1.165, 1.54) is 10.5 Å². The predicted octanol–water partition coefficient (Wildman–Crippen LogP) is 4.42. The molecule has 0 saturated carbocycles. The highest BCUT2D eigenvalue weighted by molar-refractivity contribution is 8.00. The third kappa shape index (κ3) is 4.49. The fraction of sp³-hybridized carbons (Fsp3) is 0.421. The summed E-state index contributed by atoms with van der Waals surface area (Å²) < 4.78 is 7.33. The molecule has 0 saturated heterocycles. The summed E-state index contributed by atoms with van der Waals surface area (Å²) in [5.41, 5.74) is 4.27. The average molecular weight is 331 g/mol. The molecular formula is C19H25NO2S. The maximum Gasteiger partial charge on any atom is 0.174 e. The Morgan fingerprint density at radius 3 is 2.65 bits per heavy atom. The van der Waals surface area contributed by atoms with Crippen LogP contribution in [0.3, 0.4) is 0 Å². The molecule has 23 heavy (non-hydrogen) atoms. The monoisotopic (exact) mass is 331 g/mol. The molecular weight excluding hydrogens is 306 g/mol. The normalized spacial score (nSPS) is 11.0. The Bertz CT molecular complexity index is 676. The minimum absolute atomic E-state index is 0.198. The van der Waals surface area contributed by atoms with Gasteiger partial charge < -0.3 is 9.30 Å². The number of carbonyl (C=O) groups excluding carboxylic acids is 1. The highest BCUT2D eigenvalue weighted by atomic mass is 32.2. The van der Waals surface area contributed by atoms with Crippen molar-refractivity contribution in [1.29, 1.82) is 0 Å². The predicted molar refractivity (Wildman–Crippen MR) is 96.6 cm³/mol. The second kappa shape index (κ2) is 8.37. The molecule has 0 amide bonds. The Kier molecular flexibility index (Phi) is 6.48. The number of Topliss-reactive ketones (excluding diaryl/α,β-unsaturated/α-hetero) is 1. The highest BCUT2D eigenvalue weighted by Crippen LogP contribution is 2.24. The smallest absolute Gasteiger partial charge is 0.174 e. The fourth-order valence-corrected chi connectivity index (χ4v) is 3.65. The van der Waals surface area contributed by atoms with Crippen molar-refractivity contribution in [3.05, 3.63) is 52.8 Å². The zero-order valence-electron chi connectivity index (χ0n) is 14.4. The maximum atomic E-state index is 12.6. The van der Waals surface area contributed by atoms with Gasteiger partial charge in [-0.05, 0) is 44.9 Å². The van der Waals surface area contributed by atoms with E-state index in [1.807, 2.05) is 25.1 Å². The standard InChI is InChI=1S/C19H25NO2S/c1-14-8-5-6-9-19(14)23-13-18(21)17-12-15(2)20(16(17)3)10-7-11-22-4/h5-6,8-9,12H,7,10-11,13H2,1-4H3. The van der Waals surface area contributed by atoms with Gasteiger partial charge in [0.15, 0.2) is 5.78 Å². The van der Waals surface area contributed by atoms with Gasteiger partial charge in [0.1, 0.15) is 0 Å². The first-order valence-electron chi connectivity index (χ1n) is 7.92. The molecule has 1 aromatic heterocycles. The van der Waals surface area contributed by atoms with E-state index < -0.39 is 0 Å². The van der Waals surface area contributed by atoms with Gasteiger partial charge in [0.25, 0.3) is 0 Å². The number of ketones is 1. The molecule has 0 N–H and O–H groups in total. The van der Waals surface area contributed by atoms with Gasteiger partial charge in [-0.15, -0.1) is 11.8 Å². The van der Waals surface area contributed by atoms with Crippen LogP contribution < -0.4 is 0 Å². The van der Waals surface area contributed by atoms with Crippen LogP contribution in [-0.2, 0) is 11.3 Å². The Balaban J connectivity index is 2.05. The van der Waals surface area contributed by atoms with Gasteiger partial charge in [-0.2, -0.15) is 0 Å². The van der Waals surface area contributed by atoms with Crippen molar-refractivity contribution in [3.8, 4) is 0 Å². The molecule has 0 aliphatic heterocycles. The number of hydrogen-bond acceptors (Lipinski definition) is 3. The fourth-order valence-electron chi connectivity index (χ4n) is 2.73. The number of aryl methyl sites for hydroxylation is 2. The van der Waals surface area contributed by atoms with Crippen LogP contribution in [-0.4, -0.2) is 29.8 Å². The van der Waals surface area contributed by atoms with Crippen LogP contribution in [0.2, 0.25) is 0 Å². The number of benzene rings is 1. The van der Waals surface area contributed by atoms with Gasteiger partial charge in [-0.25, -0.2) is 0 Å². The minimum atomic E-state index is 0.198. The number of thioether (sulfide) groups is 1. The topological polar surface area (TPSA) is 31.2 Å². The molecule has 3 nitrogen and oxygen atoms in total. The zero-order chi connectivity index (χ0) is 16.8. The molecule has 124 valence electrons. The lowest BCUT2D eigenvalue weighted by atomic mass is 10.2. The van der Waals surface area contributed by atoms with Gasteiger partial charge in [-0.1, -0.05) is 18.2 Å². The first kappa shape index (κ1) is 17.8. The molecule has 0 spiro atoms.